The number of alkyl carbamates (subject to hydrolysis) is 1. The molecule has 0 unspecified atom stereocenters. The minimum atomic E-state index is -3.61. The lowest BCUT2D eigenvalue weighted by molar-refractivity contribution is 0.0684. The van der Waals surface area contributed by atoms with Crippen LogP contribution >= 0.6 is 23.2 Å². The van der Waals surface area contributed by atoms with Gasteiger partial charge in [0.15, 0.2) is 23.0 Å². The Morgan fingerprint density at radius 1 is 0.848 bits per heavy atom. The zero-order valence-corrected chi connectivity index (χ0v) is 42.4. The van der Waals surface area contributed by atoms with Crippen molar-refractivity contribution in [1.82, 2.24) is 14.9 Å². The van der Waals surface area contributed by atoms with Gasteiger partial charge in [-0.25, -0.2) is 13.2 Å². The average Bonchev–Trinajstić information content (AvgIpc) is 4.07. The third-order valence-electron chi connectivity index (χ3n) is 11.3. The highest BCUT2D eigenvalue weighted by Gasteiger charge is 2.33. The van der Waals surface area contributed by atoms with Crippen molar-refractivity contribution in [3.8, 4) is 23.0 Å². The maximum absolute atomic E-state index is 13.3. The Bertz CT molecular complexity index is 2000. The first kappa shape index (κ1) is 55.1. The van der Waals surface area contributed by atoms with Crippen molar-refractivity contribution in [2.75, 3.05) is 64.7 Å². The van der Waals surface area contributed by atoms with Gasteiger partial charge in [0.1, 0.15) is 6.10 Å². The number of amides is 1. The minimum Gasteiger partial charge on any atom is -0.454 e. The molecule has 6 rings (SSSR count). The maximum Gasteiger partial charge on any atom is 0.407 e. The zero-order chi connectivity index (χ0) is 48.2. The Hall–Kier alpha value is -3.50. The van der Waals surface area contributed by atoms with E-state index in [1.54, 1.807) is 22.5 Å². The molecular weight excluding hydrogens is 906 g/mol. The number of aliphatic hydroxyl groups is 1. The molecule has 1 amide bonds. The van der Waals surface area contributed by atoms with Crippen molar-refractivity contribution >= 4 is 39.3 Å². The lowest BCUT2D eigenvalue weighted by atomic mass is 9.87. The predicted octanol–water partition coefficient (Wildman–Crippen LogP) is 9.72. The number of rotatable bonds is 23. The molecule has 0 bridgehead atoms. The number of nitrogens with zero attached hydrogens (tertiary/aromatic N) is 1. The van der Waals surface area contributed by atoms with Crippen molar-refractivity contribution < 1.29 is 46.7 Å². The fourth-order valence-electron chi connectivity index (χ4n) is 7.68. The Morgan fingerprint density at radius 3 is 2.06 bits per heavy atom. The van der Waals surface area contributed by atoms with Gasteiger partial charge >= 0.3 is 6.09 Å². The fraction of sp³-hybridized carbons (Fsp3) is 0.620. The number of carbonyl (C=O) groups is 1. The largest absolute Gasteiger partial charge is 0.454 e. The summed E-state index contributed by atoms with van der Waals surface area (Å²) in [6, 6.07) is 20.1. The molecule has 13 nitrogen and oxygen atoms in total. The fourth-order valence-corrected chi connectivity index (χ4v) is 9.87. The van der Waals surface area contributed by atoms with Crippen LogP contribution in [0.3, 0.4) is 0 Å². The average molecular weight is 981 g/mol. The van der Waals surface area contributed by atoms with Crippen molar-refractivity contribution in [3.05, 3.63) is 77.9 Å². The lowest BCUT2D eigenvalue weighted by Crippen LogP contribution is -2.50. The van der Waals surface area contributed by atoms with Gasteiger partial charge < -0.3 is 44.2 Å². The van der Waals surface area contributed by atoms with Gasteiger partial charge in [-0.1, -0.05) is 90.8 Å². The van der Waals surface area contributed by atoms with E-state index >= 15 is 0 Å². The number of aryl methyl sites for hydroxylation is 1. The van der Waals surface area contributed by atoms with Gasteiger partial charge in [-0.15, -0.1) is 23.2 Å². The number of halogens is 2. The van der Waals surface area contributed by atoms with Gasteiger partial charge in [-0.2, -0.15) is 4.31 Å². The molecule has 370 valence electrons. The summed E-state index contributed by atoms with van der Waals surface area (Å²) in [7, 11) is -3.61. The number of unbranched alkanes of at least 4 members (excludes halogenated alkanes) is 2. The van der Waals surface area contributed by atoms with E-state index in [2.05, 4.69) is 38.3 Å². The van der Waals surface area contributed by atoms with E-state index in [-0.39, 0.29) is 34.5 Å². The molecule has 1 fully saturated rings. The van der Waals surface area contributed by atoms with Gasteiger partial charge in [0.2, 0.25) is 23.6 Å². The van der Waals surface area contributed by atoms with Crippen LogP contribution in [0.5, 0.6) is 23.0 Å². The highest BCUT2D eigenvalue weighted by atomic mass is 35.5. The normalized spacial score (nSPS) is 16.3. The molecule has 0 radical (unpaired) electrons. The van der Waals surface area contributed by atoms with Crippen LogP contribution in [0.4, 0.5) is 4.79 Å². The van der Waals surface area contributed by atoms with Crippen LogP contribution in [0.1, 0.15) is 97.6 Å². The van der Waals surface area contributed by atoms with E-state index in [9.17, 15) is 18.3 Å². The Balaban J connectivity index is 0.000000239. The van der Waals surface area contributed by atoms with Gasteiger partial charge in [0.05, 0.1) is 30.3 Å². The second-order valence-corrected chi connectivity index (χ2v) is 21.9. The Labute approximate surface area is 404 Å². The third kappa shape index (κ3) is 19.2. The number of ether oxygens (including phenoxy) is 6. The first-order valence-corrected chi connectivity index (χ1v) is 25.8. The second-order valence-electron chi connectivity index (χ2n) is 19.2. The number of alkyl halides is 2. The van der Waals surface area contributed by atoms with Crippen LogP contribution in [-0.2, 0) is 25.9 Å². The first-order chi connectivity index (χ1) is 31.4. The molecule has 3 heterocycles. The minimum absolute atomic E-state index is 0.121. The van der Waals surface area contributed by atoms with Gasteiger partial charge in [0, 0.05) is 50.4 Å². The molecule has 3 aromatic carbocycles. The monoisotopic (exact) mass is 979 g/mol. The summed E-state index contributed by atoms with van der Waals surface area (Å²) in [5, 5.41) is 17.0. The molecule has 3 aliphatic heterocycles. The number of fused-ring (bicyclic) bond motifs is 2. The summed E-state index contributed by atoms with van der Waals surface area (Å²) < 4.78 is 59.8. The van der Waals surface area contributed by atoms with Crippen LogP contribution in [0.2, 0.25) is 0 Å². The Kier molecular flexibility index (Phi) is 22.9. The predicted molar refractivity (Wildman–Crippen MR) is 262 cm³/mol. The van der Waals surface area contributed by atoms with E-state index < -0.39 is 28.3 Å². The number of aliphatic hydroxyl groups excluding tert-OH is 1. The molecule has 16 heteroatoms. The molecule has 1 saturated heterocycles. The van der Waals surface area contributed by atoms with Crippen LogP contribution in [-0.4, -0.2) is 107 Å². The summed E-state index contributed by atoms with van der Waals surface area (Å²) in [6.07, 6.45) is 5.84. The van der Waals surface area contributed by atoms with E-state index in [1.165, 1.54) is 5.56 Å². The Morgan fingerprint density at radius 2 is 1.45 bits per heavy atom. The lowest BCUT2D eigenvalue weighted by Gasteiger charge is -2.33. The summed E-state index contributed by atoms with van der Waals surface area (Å²) in [5.41, 5.74) is 2.25. The molecule has 0 saturated carbocycles. The van der Waals surface area contributed by atoms with Crippen LogP contribution in [0.15, 0.2) is 71.6 Å². The SMILES string of the molecule is CC(C)(CCCCCl)CNC[C@@H](O)[C@H](Cc1ccccc1)NC(=O)O[C@H]1CCOC1.CC(C)CN(CC(C)(C)CCCCCl)S(=O)(=O)c1ccc2c(c1)OCO2.Cc1ccc2c(c1)OCO2. The van der Waals surface area contributed by atoms with E-state index in [0.717, 1.165) is 62.1 Å². The molecular formula is C50H75Cl2N3O10S. The van der Waals surface area contributed by atoms with Crippen molar-refractivity contribution in [1.29, 1.82) is 0 Å². The molecule has 66 heavy (non-hydrogen) atoms. The van der Waals surface area contributed by atoms with Crippen molar-refractivity contribution in [3.63, 3.8) is 0 Å². The molecule has 0 aliphatic carbocycles. The highest BCUT2D eigenvalue weighted by molar-refractivity contribution is 7.89. The number of benzene rings is 3. The molecule has 0 aromatic heterocycles. The van der Waals surface area contributed by atoms with Gasteiger partial charge in [-0.3, -0.25) is 0 Å². The molecule has 3 N–H and O–H groups in total. The van der Waals surface area contributed by atoms with Crippen LogP contribution < -0.4 is 29.6 Å². The van der Waals surface area contributed by atoms with Crippen LogP contribution in [0, 0.1) is 23.7 Å². The topological polar surface area (TPSA) is 154 Å². The summed E-state index contributed by atoms with van der Waals surface area (Å²) in [6.45, 7) is 18.4. The number of hydrogen-bond donors (Lipinski definition) is 3. The quantitative estimate of drug-likeness (QED) is 0.0615. The summed E-state index contributed by atoms with van der Waals surface area (Å²) in [5.74, 6) is 4.35. The molecule has 3 aliphatic rings. The molecule has 3 aromatic rings. The second kappa shape index (κ2) is 27.5. The molecule has 0 spiro atoms. The van der Waals surface area contributed by atoms with Crippen molar-refractivity contribution in [2.45, 2.75) is 123 Å². The smallest absolute Gasteiger partial charge is 0.407 e. The van der Waals surface area contributed by atoms with Crippen molar-refractivity contribution in [2.24, 2.45) is 16.7 Å². The standard InChI is InChI=1S/C23H37ClN2O4.C19H30ClNO4S.C8H8O2/c1-23(2,11-6-7-12-24)17-25-15-21(27)20(14-18-8-4-3-5-9-18)26-22(28)30-19-10-13-29-16-19;1-15(2)12-21(13-19(3,4)9-5-6-10-20)26(22,23)16-7-8-17-18(11-16)25-14-24-17;1-6-2-3-7-8(4-6)10-5-9-7/h3-5,8-9,19-21,25,27H,6-7,10-17H2,1-2H3,(H,26,28);7-8,11,15H,5-6,9-10,12-14H2,1-4H3;2-4H,5H2,1H3/t19-,20-,21+;;/m0../s1. The zero-order valence-electron chi connectivity index (χ0n) is 40.1. The number of nitrogens with one attached hydrogen (secondary N) is 2. The molecule has 3 atom stereocenters. The third-order valence-corrected chi connectivity index (χ3v) is 13.7. The number of sulfonamides is 1. The first-order valence-electron chi connectivity index (χ1n) is 23.3. The highest BCUT2D eigenvalue weighted by Crippen LogP contribution is 2.36. The summed E-state index contributed by atoms with van der Waals surface area (Å²) >= 11 is 11.5. The maximum atomic E-state index is 13.3. The van der Waals surface area contributed by atoms with E-state index in [1.807, 2.05) is 69.3 Å². The number of carbonyl (C=O) groups excluding carboxylic acids is 1. The van der Waals surface area contributed by atoms with Gasteiger partial charge in [-0.05, 0) is 91.2 Å². The van der Waals surface area contributed by atoms with Crippen LogP contribution in [0.25, 0.3) is 0 Å². The van der Waals surface area contributed by atoms with E-state index in [0.29, 0.717) is 75.7 Å². The van der Waals surface area contributed by atoms with Gasteiger partial charge in [0.25, 0.3) is 0 Å². The van der Waals surface area contributed by atoms with E-state index in [4.69, 9.17) is 51.6 Å². The number of hydrogen-bond acceptors (Lipinski definition) is 11. The summed E-state index contributed by atoms with van der Waals surface area (Å²) in [4.78, 5) is 12.6.